The molecule has 0 saturated heterocycles. The van der Waals surface area contributed by atoms with Gasteiger partial charge in [0.1, 0.15) is 0 Å². The fourth-order valence-corrected chi connectivity index (χ4v) is 1.55. The quantitative estimate of drug-likeness (QED) is 0.219. The molecule has 0 fully saturated rings. The Balaban J connectivity index is 2.74. The SMILES string of the molecule is CCCCNC(=O)Nc1cc(C(N)=NO)ccc1Cl. The number of urea groups is 1. The first-order valence-electron chi connectivity index (χ1n) is 5.90. The smallest absolute Gasteiger partial charge is 0.319 e. The number of unbranched alkanes of at least 4 members (excludes halogenated alkanes) is 1. The summed E-state index contributed by atoms with van der Waals surface area (Å²) < 4.78 is 0. The van der Waals surface area contributed by atoms with Crippen LogP contribution in [-0.2, 0) is 0 Å². The molecule has 0 aliphatic rings. The second kappa shape index (κ2) is 7.48. The maximum absolute atomic E-state index is 11.6. The van der Waals surface area contributed by atoms with Gasteiger partial charge in [0.25, 0.3) is 0 Å². The Morgan fingerprint density at radius 3 is 2.89 bits per heavy atom. The summed E-state index contributed by atoms with van der Waals surface area (Å²) in [5.74, 6) is -0.0499. The number of rotatable bonds is 5. The van der Waals surface area contributed by atoms with E-state index in [0.29, 0.717) is 22.8 Å². The molecule has 0 bridgehead atoms. The number of nitrogens with two attached hydrogens (primary N) is 1. The second-order valence-corrected chi connectivity index (χ2v) is 4.32. The van der Waals surface area contributed by atoms with Crippen LogP contribution in [0.1, 0.15) is 25.3 Å². The molecule has 1 aromatic rings. The van der Waals surface area contributed by atoms with Crippen LogP contribution in [0.15, 0.2) is 23.4 Å². The van der Waals surface area contributed by atoms with Gasteiger partial charge in [0, 0.05) is 12.1 Å². The van der Waals surface area contributed by atoms with Gasteiger partial charge in [-0.05, 0) is 24.6 Å². The van der Waals surface area contributed by atoms with Crippen molar-refractivity contribution in [1.29, 1.82) is 0 Å². The highest BCUT2D eigenvalue weighted by Crippen LogP contribution is 2.22. The number of hydrogen-bond acceptors (Lipinski definition) is 3. The Morgan fingerprint density at radius 1 is 1.53 bits per heavy atom. The molecule has 5 N–H and O–H groups in total. The van der Waals surface area contributed by atoms with Crippen LogP contribution in [0.5, 0.6) is 0 Å². The molecule has 7 heteroatoms. The van der Waals surface area contributed by atoms with Gasteiger partial charge in [-0.1, -0.05) is 30.1 Å². The summed E-state index contributed by atoms with van der Waals surface area (Å²) in [5.41, 5.74) is 6.34. The standard InChI is InChI=1S/C12H17ClN4O2/c1-2-3-6-15-12(18)16-10-7-8(11(14)17-19)4-5-9(10)13/h4-5,7,19H,2-3,6H2,1H3,(H2,14,17)(H2,15,16,18). The van der Waals surface area contributed by atoms with Crippen LogP contribution in [0, 0.1) is 0 Å². The number of nitrogens with one attached hydrogen (secondary N) is 2. The Bertz CT molecular complexity index is 477. The molecule has 104 valence electrons. The van der Waals surface area contributed by atoms with Crippen LogP contribution >= 0.6 is 11.6 Å². The van der Waals surface area contributed by atoms with E-state index in [0.717, 1.165) is 12.8 Å². The monoisotopic (exact) mass is 284 g/mol. The Labute approximate surface area is 116 Å². The van der Waals surface area contributed by atoms with Crippen LogP contribution in [0.25, 0.3) is 0 Å². The van der Waals surface area contributed by atoms with Gasteiger partial charge in [-0.25, -0.2) is 4.79 Å². The molecule has 0 atom stereocenters. The molecule has 1 rings (SSSR count). The Hall–Kier alpha value is -1.95. The van der Waals surface area contributed by atoms with Crippen molar-refractivity contribution in [2.45, 2.75) is 19.8 Å². The average Bonchev–Trinajstić information content (AvgIpc) is 2.40. The predicted octanol–water partition coefficient (Wildman–Crippen LogP) is 2.36. The lowest BCUT2D eigenvalue weighted by Gasteiger charge is -2.10. The van der Waals surface area contributed by atoms with E-state index in [4.69, 9.17) is 22.5 Å². The molecule has 19 heavy (non-hydrogen) atoms. The van der Waals surface area contributed by atoms with E-state index in [9.17, 15) is 4.79 Å². The molecule has 0 unspecified atom stereocenters. The number of benzene rings is 1. The summed E-state index contributed by atoms with van der Waals surface area (Å²) in [6.07, 6.45) is 1.91. The lowest BCUT2D eigenvalue weighted by molar-refractivity contribution is 0.252. The van der Waals surface area contributed by atoms with Crippen molar-refractivity contribution in [3.05, 3.63) is 28.8 Å². The minimum atomic E-state index is -0.341. The van der Waals surface area contributed by atoms with Crippen molar-refractivity contribution >= 4 is 29.2 Å². The summed E-state index contributed by atoms with van der Waals surface area (Å²) in [6, 6.07) is 4.36. The number of oxime groups is 1. The number of halogens is 1. The minimum Gasteiger partial charge on any atom is -0.409 e. The van der Waals surface area contributed by atoms with E-state index in [1.165, 1.54) is 6.07 Å². The highest BCUT2D eigenvalue weighted by molar-refractivity contribution is 6.33. The van der Waals surface area contributed by atoms with Crippen molar-refractivity contribution < 1.29 is 10.0 Å². The number of carbonyl (C=O) groups is 1. The van der Waals surface area contributed by atoms with Gasteiger partial charge in [-0.2, -0.15) is 0 Å². The Kier molecular flexibility index (Phi) is 5.95. The third-order valence-electron chi connectivity index (χ3n) is 2.43. The summed E-state index contributed by atoms with van der Waals surface area (Å²) in [4.78, 5) is 11.6. The molecule has 0 spiro atoms. The first-order chi connectivity index (χ1) is 9.08. The molecule has 0 radical (unpaired) electrons. The Morgan fingerprint density at radius 2 is 2.26 bits per heavy atom. The first kappa shape index (κ1) is 15.1. The zero-order valence-corrected chi connectivity index (χ0v) is 11.4. The minimum absolute atomic E-state index is 0.0499. The maximum Gasteiger partial charge on any atom is 0.319 e. The second-order valence-electron chi connectivity index (χ2n) is 3.91. The van der Waals surface area contributed by atoms with Gasteiger partial charge in [0.05, 0.1) is 10.7 Å². The molecule has 1 aromatic carbocycles. The van der Waals surface area contributed by atoms with Crippen molar-refractivity contribution in [2.75, 3.05) is 11.9 Å². The number of hydrogen-bond donors (Lipinski definition) is 4. The van der Waals surface area contributed by atoms with Crippen LogP contribution in [0.2, 0.25) is 5.02 Å². The summed E-state index contributed by atoms with van der Waals surface area (Å²) >= 11 is 5.96. The molecular weight excluding hydrogens is 268 g/mol. The summed E-state index contributed by atoms with van der Waals surface area (Å²) in [5, 5.41) is 17.2. The van der Waals surface area contributed by atoms with Crippen molar-refractivity contribution in [3.63, 3.8) is 0 Å². The van der Waals surface area contributed by atoms with E-state index in [1.54, 1.807) is 12.1 Å². The maximum atomic E-state index is 11.6. The van der Waals surface area contributed by atoms with E-state index in [2.05, 4.69) is 15.8 Å². The summed E-state index contributed by atoms with van der Waals surface area (Å²) in [7, 11) is 0. The van der Waals surface area contributed by atoms with E-state index >= 15 is 0 Å². The third-order valence-corrected chi connectivity index (χ3v) is 2.76. The van der Waals surface area contributed by atoms with Gasteiger partial charge in [0.2, 0.25) is 0 Å². The average molecular weight is 285 g/mol. The van der Waals surface area contributed by atoms with Crippen LogP contribution < -0.4 is 16.4 Å². The summed E-state index contributed by atoms with van der Waals surface area (Å²) in [6.45, 7) is 2.64. The highest BCUT2D eigenvalue weighted by atomic mass is 35.5. The van der Waals surface area contributed by atoms with Gasteiger partial charge in [-0.15, -0.1) is 0 Å². The molecule has 0 saturated carbocycles. The number of anilines is 1. The topological polar surface area (TPSA) is 99.7 Å². The molecule has 0 aromatic heterocycles. The lowest BCUT2D eigenvalue weighted by Crippen LogP contribution is -2.29. The fraction of sp³-hybridized carbons (Fsp3) is 0.333. The number of nitrogens with zero attached hydrogens (tertiary/aromatic N) is 1. The van der Waals surface area contributed by atoms with Crippen LogP contribution in [0.3, 0.4) is 0 Å². The first-order valence-corrected chi connectivity index (χ1v) is 6.28. The largest absolute Gasteiger partial charge is 0.409 e. The fourth-order valence-electron chi connectivity index (χ4n) is 1.38. The lowest BCUT2D eigenvalue weighted by atomic mass is 10.2. The molecule has 0 heterocycles. The molecule has 0 aliphatic heterocycles. The van der Waals surface area contributed by atoms with Crippen molar-refractivity contribution in [3.8, 4) is 0 Å². The van der Waals surface area contributed by atoms with Crippen LogP contribution in [-0.4, -0.2) is 23.6 Å². The van der Waals surface area contributed by atoms with Crippen molar-refractivity contribution in [1.82, 2.24) is 5.32 Å². The number of carbonyl (C=O) groups excluding carboxylic acids is 1. The zero-order valence-electron chi connectivity index (χ0n) is 10.6. The highest BCUT2D eigenvalue weighted by Gasteiger charge is 2.08. The molecule has 6 nitrogen and oxygen atoms in total. The molecule has 0 aliphatic carbocycles. The van der Waals surface area contributed by atoms with E-state index in [1.807, 2.05) is 6.92 Å². The van der Waals surface area contributed by atoms with E-state index in [-0.39, 0.29) is 11.9 Å². The molecular formula is C12H17ClN4O2. The van der Waals surface area contributed by atoms with Crippen LogP contribution in [0.4, 0.5) is 10.5 Å². The zero-order chi connectivity index (χ0) is 14.3. The predicted molar refractivity (Wildman–Crippen MR) is 75.9 cm³/mol. The van der Waals surface area contributed by atoms with Gasteiger partial charge in [0.15, 0.2) is 5.84 Å². The number of amidine groups is 1. The number of amides is 2. The van der Waals surface area contributed by atoms with Gasteiger partial charge >= 0.3 is 6.03 Å². The van der Waals surface area contributed by atoms with Crippen molar-refractivity contribution in [2.24, 2.45) is 10.9 Å². The van der Waals surface area contributed by atoms with Gasteiger partial charge < -0.3 is 21.6 Å². The normalized spacial score (nSPS) is 11.2. The third kappa shape index (κ3) is 4.67. The van der Waals surface area contributed by atoms with E-state index < -0.39 is 0 Å². The molecule has 2 amide bonds. The van der Waals surface area contributed by atoms with Gasteiger partial charge in [-0.3, -0.25) is 0 Å².